The van der Waals surface area contributed by atoms with Crippen LogP contribution in [0.4, 0.5) is 0 Å². The van der Waals surface area contributed by atoms with Crippen LogP contribution in [0.2, 0.25) is 0 Å². The molecule has 0 saturated heterocycles. The maximum atomic E-state index is 6.94. The van der Waals surface area contributed by atoms with Crippen molar-refractivity contribution in [3.05, 3.63) is 5.73 Å². The second-order valence-electron chi connectivity index (χ2n) is 5.35. The van der Waals surface area contributed by atoms with Crippen LogP contribution < -0.4 is 58.2 Å². The Morgan fingerprint density at radius 1 is 0.824 bits per heavy atom. The first-order valence-corrected chi connectivity index (χ1v) is 6.36. The number of nitrogens with one attached hydrogen (secondary N) is 1. The molecule has 0 aromatic heterocycles. The van der Waals surface area contributed by atoms with Crippen LogP contribution in [0, 0.1) is 5.41 Å². The van der Waals surface area contributed by atoms with E-state index in [1.807, 2.05) is 0 Å². The average Bonchev–Trinajstić information content (AvgIpc) is 2.19. The molecule has 4 heteroatoms. The second-order valence-corrected chi connectivity index (χ2v) is 5.35. The molecule has 0 rings (SSSR count). The second kappa shape index (κ2) is 14.1. The van der Waals surface area contributed by atoms with Gasteiger partial charge in [-0.3, -0.25) is 0 Å². The van der Waals surface area contributed by atoms with Gasteiger partial charge in [-0.2, -0.15) is 0 Å². The maximum Gasteiger partial charge on any atom is 1.00 e. The van der Waals surface area contributed by atoms with Crippen molar-refractivity contribution in [2.75, 3.05) is 33.0 Å². The Bertz CT molecular complexity index is 149. The number of rotatable bonds is 10. The summed E-state index contributed by atoms with van der Waals surface area (Å²) >= 11 is 0. The molecule has 3 nitrogen and oxygen atoms in total. The van der Waals surface area contributed by atoms with E-state index >= 15 is 0 Å². The van der Waals surface area contributed by atoms with Crippen molar-refractivity contribution < 1.29 is 67.7 Å². The van der Waals surface area contributed by atoms with Crippen molar-refractivity contribution in [1.29, 1.82) is 0 Å². The van der Waals surface area contributed by atoms with E-state index in [4.69, 9.17) is 15.2 Å². The van der Waals surface area contributed by atoms with Crippen LogP contribution in [-0.4, -0.2) is 33.0 Å². The SMILES string of the molecule is CC(C)(C)CCCOCCCOCCC[NH-].[Rb+]. The van der Waals surface area contributed by atoms with Crippen molar-refractivity contribution in [1.82, 2.24) is 0 Å². The van der Waals surface area contributed by atoms with Gasteiger partial charge in [-0.25, -0.2) is 0 Å². The van der Waals surface area contributed by atoms with Crippen LogP contribution in [0.3, 0.4) is 0 Å². The molecular formula is C13H28NO2Rb. The summed E-state index contributed by atoms with van der Waals surface area (Å²) in [4.78, 5) is 0. The molecule has 0 aliphatic rings. The Kier molecular flexibility index (Phi) is 17.4. The van der Waals surface area contributed by atoms with Crippen molar-refractivity contribution in [2.45, 2.75) is 46.5 Å². The van der Waals surface area contributed by atoms with Gasteiger partial charge in [0, 0.05) is 26.4 Å². The van der Waals surface area contributed by atoms with Crippen LogP contribution >= 0.6 is 0 Å². The molecule has 0 fully saturated rings. The number of hydrogen-bond acceptors (Lipinski definition) is 2. The topological polar surface area (TPSA) is 42.3 Å². The third kappa shape index (κ3) is 20.2. The minimum absolute atomic E-state index is 0. The van der Waals surface area contributed by atoms with Gasteiger partial charge in [0.1, 0.15) is 0 Å². The van der Waals surface area contributed by atoms with Gasteiger partial charge in [0.05, 0.1) is 0 Å². The minimum Gasteiger partial charge on any atom is -0.677 e. The largest absolute Gasteiger partial charge is 1.00 e. The third-order valence-electron chi connectivity index (χ3n) is 2.26. The van der Waals surface area contributed by atoms with E-state index in [-0.39, 0.29) is 58.2 Å². The summed E-state index contributed by atoms with van der Waals surface area (Å²) in [6.07, 6.45) is 4.16. The fourth-order valence-electron chi connectivity index (χ4n) is 1.35. The Morgan fingerprint density at radius 2 is 1.29 bits per heavy atom. The molecule has 0 unspecified atom stereocenters. The first-order valence-electron chi connectivity index (χ1n) is 6.36. The van der Waals surface area contributed by atoms with Gasteiger partial charge in [-0.05, 0) is 31.1 Å². The summed E-state index contributed by atoms with van der Waals surface area (Å²) in [7, 11) is 0. The van der Waals surface area contributed by atoms with Gasteiger partial charge in [-0.15, -0.1) is 6.54 Å². The predicted octanol–water partition coefficient (Wildman–Crippen LogP) is 0.682. The van der Waals surface area contributed by atoms with Crippen LogP contribution in [0.5, 0.6) is 0 Å². The summed E-state index contributed by atoms with van der Waals surface area (Å²) in [6.45, 7) is 10.4. The average molecular weight is 316 g/mol. The van der Waals surface area contributed by atoms with E-state index in [0.717, 1.165) is 39.1 Å². The molecule has 98 valence electrons. The van der Waals surface area contributed by atoms with Gasteiger partial charge in [0.2, 0.25) is 0 Å². The number of ether oxygens (including phenoxy) is 2. The molecule has 0 aromatic rings. The molecule has 0 amide bonds. The summed E-state index contributed by atoms with van der Waals surface area (Å²) in [6, 6.07) is 0. The van der Waals surface area contributed by atoms with Gasteiger partial charge < -0.3 is 15.2 Å². The summed E-state index contributed by atoms with van der Waals surface area (Å²) < 4.78 is 10.9. The van der Waals surface area contributed by atoms with E-state index < -0.39 is 0 Å². The normalized spacial score (nSPS) is 11.3. The minimum atomic E-state index is 0. The van der Waals surface area contributed by atoms with E-state index in [1.165, 1.54) is 6.42 Å². The first-order chi connectivity index (χ1) is 7.56. The smallest absolute Gasteiger partial charge is 0.677 e. The summed E-state index contributed by atoms with van der Waals surface area (Å²) in [5.41, 5.74) is 7.36. The zero-order valence-electron chi connectivity index (χ0n) is 12.2. The standard InChI is InChI=1S/C13H28NO2.Rb/c1-13(2,3)7-4-9-15-11-6-12-16-10-5-8-14;/h14H,4-12H2,1-3H3;/q-1;+1. The Labute approximate surface area is 156 Å². The molecule has 0 aliphatic heterocycles. The molecule has 0 aromatic carbocycles. The molecular weight excluding hydrogens is 288 g/mol. The first kappa shape index (κ1) is 21.0. The number of hydrogen-bond donors (Lipinski definition) is 0. The van der Waals surface area contributed by atoms with Crippen molar-refractivity contribution >= 4 is 0 Å². The Balaban J connectivity index is 0. The molecule has 0 radical (unpaired) electrons. The third-order valence-corrected chi connectivity index (χ3v) is 2.26. The van der Waals surface area contributed by atoms with Crippen molar-refractivity contribution in [3.8, 4) is 0 Å². The molecule has 17 heavy (non-hydrogen) atoms. The molecule has 0 bridgehead atoms. The van der Waals surface area contributed by atoms with Crippen molar-refractivity contribution in [2.24, 2.45) is 5.41 Å². The van der Waals surface area contributed by atoms with Crippen molar-refractivity contribution in [3.63, 3.8) is 0 Å². The summed E-state index contributed by atoms with van der Waals surface area (Å²) in [5.74, 6) is 0. The van der Waals surface area contributed by atoms with Gasteiger partial charge in [0.15, 0.2) is 0 Å². The Hall–Kier alpha value is 1.69. The monoisotopic (exact) mass is 315 g/mol. The fraction of sp³-hybridized carbons (Fsp3) is 1.00. The van der Waals surface area contributed by atoms with Gasteiger partial charge >= 0.3 is 58.2 Å². The maximum absolute atomic E-state index is 6.94. The zero-order chi connectivity index (χ0) is 12.3. The predicted molar refractivity (Wildman–Crippen MR) is 68.7 cm³/mol. The van der Waals surface area contributed by atoms with Crippen LogP contribution in [-0.2, 0) is 9.47 Å². The van der Waals surface area contributed by atoms with Gasteiger partial charge in [0.25, 0.3) is 0 Å². The van der Waals surface area contributed by atoms with E-state index in [9.17, 15) is 0 Å². The molecule has 0 spiro atoms. The van der Waals surface area contributed by atoms with Gasteiger partial charge in [-0.1, -0.05) is 20.8 Å². The van der Waals surface area contributed by atoms with E-state index in [2.05, 4.69) is 20.8 Å². The van der Waals surface area contributed by atoms with Crippen LogP contribution in [0.1, 0.15) is 46.5 Å². The summed E-state index contributed by atoms with van der Waals surface area (Å²) in [5, 5.41) is 0. The van der Waals surface area contributed by atoms with E-state index in [0.29, 0.717) is 18.6 Å². The fourth-order valence-corrected chi connectivity index (χ4v) is 1.35. The molecule has 0 saturated carbocycles. The van der Waals surface area contributed by atoms with Crippen LogP contribution in [0.15, 0.2) is 0 Å². The quantitative estimate of drug-likeness (QED) is 0.556. The Morgan fingerprint density at radius 3 is 1.76 bits per heavy atom. The molecule has 1 N–H and O–H groups in total. The molecule has 0 atom stereocenters. The molecule has 0 aliphatic carbocycles. The van der Waals surface area contributed by atoms with E-state index in [1.54, 1.807) is 0 Å². The molecule has 0 heterocycles. The van der Waals surface area contributed by atoms with Crippen LogP contribution in [0.25, 0.3) is 5.73 Å². The zero-order valence-corrected chi connectivity index (χ0v) is 17.1.